The molecule has 0 radical (unpaired) electrons. The third kappa shape index (κ3) is 3.41. The van der Waals surface area contributed by atoms with Gasteiger partial charge in [-0.2, -0.15) is 0 Å². The third-order valence-electron chi connectivity index (χ3n) is 4.27. The van der Waals surface area contributed by atoms with Crippen LogP contribution in [0.3, 0.4) is 0 Å². The number of rotatable bonds is 4. The largest absolute Gasteiger partial charge is 0.367 e. The van der Waals surface area contributed by atoms with Gasteiger partial charge in [-0.3, -0.25) is 0 Å². The Balaban J connectivity index is 1.61. The number of piperidine rings is 1. The number of nitrogens with one attached hydrogen (secondary N) is 1. The Morgan fingerprint density at radius 1 is 1.20 bits per heavy atom. The first-order chi connectivity index (χ1) is 9.61. The van der Waals surface area contributed by atoms with Crippen molar-refractivity contribution in [2.24, 2.45) is 0 Å². The molecule has 0 unspecified atom stereocenters. The quantitative estimate of drug-likeness (QED) is 0.865. The van der Waals surface area contributed by atoms with Gasteiger partial charge < -0.3 is 10.2 Å². The van der Waals surface area contributed by atoms with Crippen molar-refractivity contribution in [1.29, 1.82) is 0 Å². The second kappa shape index (κ2) is 5.86. The lowest BCUT2D eigenvalue weighted by Gasteiger charge is -2.35. The van der Waals surface area contributed by atoms with Crippen molar-refractivity contribution < 1.29 is 0 Å². The van der Waals surface area contributed by atoms with E-state index in [0.717, 1.165) is 24.7 Å². The number of hydrogen-bond acceptors (Lipinski definition) is 4. The number of halogens is 1. The summed E-state index contributed by atoms with van der Waals surface area (Å²) in [5, 5.41) is 4.10. The Morgan fingerprint density at radius 2 is 1.90 bits per heavy atom. The van der Waals surface area contributed by atoms with Crippen molar-refractivity contribution in [2.45, 2.75) is 57.5 Å². The predicted octanol–water partition coefficient (Wildman–Crippen LogP) is 3.29. The lowest BCUT2D eigenvalue weighted by Crippen LogP contribution is -2.42. The highest BCUT2D eigenvalue weighted by atomic mass is 35.5. The molecule has 0 atom stereocenters. The maximum absolute atomic E-state index is 6.10. The summed E-state index contributed by atoms with van der Waals surface area (Å²) in [6, 6.07) is 3.00. The van der Waals surface area contributed by atoms with Gasteiger partial charge in [-0.05, 0) is 39.5 Å². The number of hydrogen-bond donors (Lipinski definition) is 1. The second-order valence-corrected chi connectivity index (χ2v) is 6.64. The van der Waals surface area contributed by atoms with Crippen LogP contribution >= 0.6 is 11.6 Å². The molecule has 2 fully saturated rings. The van der Waals surface area contributed by atoms with Gasteiger partial charge >= 0.3 is 0 Å². The fourth-order valence-corrected chi connectivity index (χ4v) is 2.99. The number of aromatic nitrogens is 2. The Labute approximate surface area is 125 Å². The summed E-state index contributed by atoms with van der Waals surface area (Å²) in [5.74, 6) is 2.35. The molecule has 20 heavy (non-hydrogen) atoms. The predicted molar refractivity (Wildman–Crippen MR) is 82.4 cm³/mol. The van der Waals surface area contributed by atoms with Gasteiger partial charge in [-0.1, -0.05) is 11.6 Å². The molecule has 1 saturated carbocycles. The van der Waals surface area contributed by atoms with Gasteiger partial charge in [-0.15, -0.1) is 0 Å². The normalized spacial score (nSPS) is 21.4. The van der Waals surface area contributed by atoms with Gasteiger partial charge in [0.1, 0.15) is 16.8 Å². The molecule has 0 amide bonds. The van der Waals surface area contributed by atoms with Gasteiger partial charge in [-0.25, -0.2) is 9.97 Å². The molecule has 1 aliphatic heterocycles. The SMILES string of the molecule is CC(C)N1CCC(Nc2cc(Cl)nc(C3CC3)n2)CC1. The molecule has 2 aliphatic rings. The molecule has 0 bridgehead atoms. The molecule has 1 aromatic rings. The number of likely N-dealkylation sites (tertiary alicyclic amines) is 1. The van der Waals surface area contributed by atoms with Crippen molar-refractivity contribution >= 4 is 17.4 Å². The molecule has 2 heterocycles. The van der Waals surface area contributed by atoms with Crippen molar-refractivity contribution in [1.82, 2.24) is 14.9 Å². The van der Waals surface area contributed by atoms with Crippen LogP contribution < -0.4 is 5.32 Å². The van der Waals surface area contributed by atoms with E-state index >= 15 is 0 Å². The highest BCUT2D eigenvalue weighted by molar-refractivity contribution is 6.29. The summed E-state index contributed by atoms with van der Waals surface area (Å²) in [4.78, 5) is 11.5. The summed E-state index contributed by atoms with van der Waals surface area (Å²) >= 11 is 6.10. The highest BCUT2D eigenvalue weighted by Gasteiger charge is 2.28. The molecule has 1 saturated heterocycles. The monoisotopic (exact) mass is 294 g/mol. The summed E-state index contributed by atoms with van der Waals surface area (Å²) in [7, 11) is 0. The van der Waals surface area contributed by atoms with Crippen LogP contribution in [0.1, 0.15) is 51.3 Å². The zero-order chi connectivity index (χ0) is 14.1. The Hall–Kier alpha value is -0.870. The van der Waals surface area contributed by atoms with Gasteiger partial charge in [0, 0.05) is 37.2 Å². The number of nitrogens with zero attached hydrogens (tertiary/aromatic N) is 3. The summed E-state index contributed by atoms with van der Waals surface area (Å²) in [6.07, 6.45) is 4.73. The highest BCUT2D eigenvalue weighted by Crippen LogP contribution is 2.38. The fraction of sp³-hybridized carbons (Fsp3) is 0.733. The van der Waals surface area contributed by atoms with Crippen LogP contribution in [0.25, 0.3) is 0 Å². The average Bonchev–Trinajstić information content (AvgIpc) is 3.23. The first-order valence-corrected chi connectivity index (χ1v) is 8.04. The average molecular weight is 295 g/mol. The molecular formula is C15H23ClN4. The second-order valence-electron chi connectivity index (χ2n) is 6.26. The molecule has 3 rings (SSSR count). The van der Waals surface area contributed by atoms with Crippen LogP contribution in [-0.4, -0.2) is 40.0 Å². The maximum atomic E-state index is 6.10. The lowest BCUT2D eigenvalue weighted by atomic mass is 10.0. The van der Waals surface area contributed by atoms with E-state index in [2.05, 4.69) is 34.0 Å². The van der Waals surface area contributed by atoms with Crippen LogP contribution in [0.15, 0.2) is 6.07 Å². The van der Waals surface area contributed by atoms with E-state index in [1.54, 1.807) is 0 Å². The molecule has 1 aliphatic carbocycles. The topological polar surface area (TPSA) is 41.0 Å². The van der Waals surface area contributed by atoms with Gasteiger partial charge in [0.05, 0.1) is 0 Å². The molecular weight excluding hydrogens is 272 g/mol. The van der Waals surface area contributed by atoms with E-state index in [-0.39, 0.29) is 0 Å². The first-order valence-electron chi connectivity index (χ1n) is 7.67. The van der Waals surface area contributed by atoms with Crippen LogP contribution in [0.4, 0.5) is 5.82 Å². The van der Waals surface area contributed by atoms with E-state index in [4.69, 9.17) is 11.6 Å². The Morgan fingerprint density at radius 3 is 2.50 bits per heavy atom. The summed E-state index contributed by atoms with van der Waals surface area (Å²) in [5.41, 5.74) is 0. The van der Waals surface area contributed by atoms with E-state index in [0.29, 0.717) is 23.2 Å². The van der Waals surface area contributed by atoms with E-state index < -0.39 is 0 Å². The van der Waals surface area contributed by atoms with Crippen LogP contribution in [-0.2, 0) is 0 Å². The standard InChI is InChI=1S/C15H23ClN4/c1-10(2)20-7-5-12(6-8-20)17-14-9-13(16)18-15(19-14)11-3-4-11/h9-12H,3-8H2,1-2H3,(H,17,18,19). The van der Waals surface area contributed by atoms with Crippen molar-refractivity contribution in [3.8, 4) is 0 Å². The molecule has 1 N–H and O–H groups in total. The maximum Gasteiger partial charge on any atom is 0.135 e. The zero-order valence-electron chi connectivity index (χ0n) is 12.3. The van der Waals surface area contributed by atoms with Gasteiger partial charge in [0.25, 0.3) is 0 Å². The summed E-state index contributed by atoms with van der Waals surface area (Å²) < 4.78 is 0. The van der Waals surface area contributed by atoms with Gasteiger partial charge in [0.15, 0.2) is 0 Å². The molecule has 5 heteroatoms. The first kappa shape index (κ1) is 14.1. The lowest BCUT2D eigenvalue weighted by molar-refractivity contribution is 0.177. The Kier molecular flexibility index (Phi) is 4.13. The van der Waals surface area contributed by atoms with E-state index in [1.807, 2.05) is 6.07 Å². The van der Waals surface area contributed by atoms with Crippen molar-refractivity contribution in [3.63, 3.8) is 0 Å². The van der Waals surface area contributed by atoms with Crippen LogP contribution in [0, 0.1) is 0 Å². The molecule has 0 aromatic carbocycles. The zero-order valence-corrected chi connectivity index (χ0v) is 13.0. The van der Waals surface area contributed by atoms with Gasteiger partial charge in [0.2, 0.25) is 0 Å². The van der Waals surface area contributed by atoms with Crippen LogP contribution in [0.2, 0.25) is 5.15 Å². The molecule has 1 aromatic heterocycles. The Bertz CT molecular complexity index is 465. The summed E-state index contributed by atoms with van der Waals surface area (Å²) in [6.45, 7) is 6.84. The number of anilines is 1. The van der Waals surface area contributed by atoms with E-state index in [9.17, 15) is 0 Å². The smallest absolute Gasteiger partial charge is 0.135 e. The molecule has 0 spiro atoms. The van der Waals surface area contributed by atoms with Crippen molar-refractivity contribution in [2.75, 3.05) is 18.4 Å². The molecule has 4 nitrogen and oxygen atoms in total. The third-order valence-corrected chi connectivity index (χ3v) is 4.46. The van der Waals surface area contributed by atoms with E-state index in [1.165, 1.54) is 25.7 Å². The van der Waals surface area contributed by atoms with Crippen molar-refractivity contribution in [3.05, 3.63) is 17.0 Å². The minimum Gasteiger partial charge on any atom is -0.367 e. The molecule has 110 valence electrons. The minimum atomic E-state index is 0.503. The van der Waals surface area contributed by atoms with Crippen LogP contribution in [0.5, 0.6) is 0 Å². The fourth-order valence-electron chi connectivity index (χ4n) is 2.80. The minimum absolute atomic E-state index is 0.503.